The van der Waals surface area contributed by atoms with Crippen molar-refractivity contribution in [2.75, 3.05) is 19.8 Å². The third-order valence-electron chi connectivity index (χ3n) is 15.3. The minimum atomic E-state index is -1.58. The van der Waals surface area contributed by atoms with Crippen molar-refractivity contribution in [1.82, 2.24) is 5.32 Å². The second-order valence-corrected chi connectivity index (χ2v) is 22.8. The zero-order chi connectivity index (χ0) is 57.3. The first-order valence-electron chi connectivity index (χ1n) is 33.1. The van der Waals surface area contributed by atoms with Crippen molar-refractivity contribution in [2.45, 2.75) is 339 Å². The van der Waals surface area contributed by atoms with E-state index in [1.165, 1.54) is 205 Å². The molecule has 1 aliphatic heterocycles. The van der Waals surface area contributed by atoms with E-state index in [2.05, 4.69) is 67.8 Å². The molecule has 0 aromatic carbocycles. The fraction of sp³-hybridized carbons (Fsp3) is 0.824. The smallest absolute Gasteiger partial charge is 0.305 e. The number of rotatable bonds is 57. The lowest BCUT2D eigenvalue weighted by molar-refractivity contribution is -0.302. The van der Waals surface area contributed by atoms with Crippen LogP contribution >= 0.6 is 0 Å². The van der Waals surface area contributed by atoms with Crippen molar-refractivity contribution in [3.8, 4) is 0 Å². The minimum Gasteiger partial charge on any atom is -0.466 e. The van der Waals surface area contributed by atoms with E-state index in [0.29, 0.717) is 19.4 Å². The number of nitrogens with one attached hydrogen (secondary N) is 1. The zero-order valence-electron chi connectivity index (χ0n) is 50.8. The molecule has 0 aliphatic carbocycles. The normalized spacial score (nSPS) is 18.8. The summed E-state index contributed by atoms with van der Waals surface area (Å²) in [6, 6.07) is -0.826. The first kappa shape index (κ1) is 74.4. The van der Waals surface area contributed by atoms with E-state index in [-0.39, 0.29) is 18.5 Å². The van der Waals surface area contributed by atoms with Crippen LogP contribution in [0.5, 0.6) is 0 Å². The fourth-order valence-electron chi connectivity index (χ4n) is 10.1. The number of aliphatic hydroxyl groups is 5. The van der Waals surface area contributed by atoms with E-state index in [9.17, 15) is 35.1 Å². The number of hydrogen-bond acceptors (Lipinski definition) is 10. The molecule has 1 aliphatic rings. The lowest BCUT2D eigenvalue weighted by Gasteiger charge is -2.40. The number of unbranched alkanes of at least 4 members (excludes halogenated alkanes) is 35. The van der Waals surface area contributed by atoms with E-state index in [1.807, 2.05) is 6.08 Å². The standard InChI is InChI=1S/C68H123NO10/c1-3-5-7-9-11-13-35-40-44-48-52-56-64(73)77-57-53-49-45-41-37-34-32-30-28-26-24-22-20-18-16-14-15-17-19-21-23-25-27-29-31-33-36-39-43-47-51-55-63(72)69-60(61(71)54-50-46-42-38-12-10-8-6-4-2)59-78-68-67(76)66(75)65(74)62(58-70)79-68/h9,11-12,16,18,22,24,38,50,54,60-62,65-68,70-71,74-76H,3-8,10,13-15,17,19-21,23,25-37,39-49,51-53,55-59H2,1-2H3,(H,69,72)/b11-9-,18-16-,24-22-,38-12+,54-50+. The topological polar surface area (TPSA) is 175 Å². The average Bonchev–Trinajstić information content (AvgIpc) is 3.46. The molecule has 1 rings (SSSR count). The van der Waals surface area contributed by atoms with Crippen molar-refractivity contribution < 1.29 is 49.3 Å². The highest BCUT2D eigenvalue weighted by Crippen LogP contribution is 2.23. The molecule has 0 bridgehead atoms. The summed E-state index contributed by atoms with van der Waals surface area (Å²) in [6.45, 7) is 4.24. The van der Waals surface area contributed by atoms with Gasteiger partial charge in [0.05, 0.1) is 32.0 Å². The number of allylic oxidation sites excluding steroid dienone is 9. The van der Waals surface area contributed by atoms with E-state index in [4.69, 9.17) is 14.2 Å². The highest BCUT2D eigenvalue weighted by Gasteiger charge is 2.44. The number of amides is 1. The molecule has 7 unspecified atom stereocenters. The molecular weight excluding hydrogens is 991 g/mol. The fourth-order valence-corrected chi connectivity index (χ4v) is 10.1. The van der Waals surface area contributed by atoms with Crippen molar-refractivity contribution in [3.63, 3.8) is 0 Å². The van der Waals surface area contributed by atoms with Gasteiger partial charge < -0.3 is 45.1 Å². The maximum atomic E-state index is 13.0. The predicted molar refractivity (Wildman–Crippen MR) is 329 cm³/mol. The molecule has 1 amide bonds. The maximum Gasteiger partial charge on any atom is 0.305 e. The molecule has 0 spiro atoms. The summed E-state index contributed by atoms with van der Waals surface area (Å²) in [7, 11) is 0. The summed E-state index contributed by atoms with van der Waals surface area (Å²) < 4.78 is 16.7. The van der Waals surface area contributed by atoms with Crippen LogP contribution in [0, 0.1) is 0 Å². The van der Waals surface area contributed by atoms with Crippen LogP contribution in [0.4, 0.5) is 0 Å². The van der Waals surface area contributed by atoms with Gasteiger partial charge in [-0.15, -0.1) is 0 Å². The molecule has 0 aromatic rings. The van der Waals surface area contributed by atoms with Gasteiger partial charge in [0.2, 0.25) is 5.91 Å². The van der Waals surface area contributed by atoms with Gasteiger partial charge in [-0.05, 0) is 96.3 Å². The Kier molecular flexibility index (Phi) is 53.8. The van der Waals surface area contributed by atoms with Crippen LogP contribution < -0.4 is 5.32 Å². The lowest BCUT2D eigenvalue weighted by atomic mass is 9.99. The van der Waals surface area contributed by atoms with Gasteiger partial charge >= 0.3 is 5.97 Å². The van der Waals surface area contributed by atoms with E-state index in [1.54, 1.807) is 6.08 Å². The third kappa shape index (κ3) is 46.5. The van der Waals surface area contributed by atoms with Crippen molar-refractivity contribution in [2.24, 2.45) is 0 Å². The van der Waals surface area contributed by atoms with E-state index < -0.39 is 49.5 Å². The van der Waals surface area contributed by atoms with Crippen LogP contribution in [0.3, 0.4) is 0 Å². The maximum absolute atomic E-state index is 13.0. The molecule has 11 heteroatoms. The molecule has 11 nitrogen and oxygen atoms in total. The molecular formula is C68H123NO10. The van der Waals surface area contributed by atoms with Gasteiger partial charge in [0.1, 0.15) is 24.4 Å². The predicted octanol–water partition coefficient (Wildman–Crippen LogP) is 16.2. The Bertz CT molecular complexity index is 1500. The van der Waals surface area contributed by atoms with Crippen LogP contribution in [0.15, 0.2) is 60.8 Å². The average molecular weight is 1110 g/mol. The number of ether oxygens (including phenoxy) is 3. The quantitative estimate of drug-likeness (QED) is 0.0195. The molecule has 6 N–H and O–H groups in total. The zero-order valence-corrected chi connectivity index (χ0v) is 50.8. The van der Waals surface area contributed by atoms with Crippen LogP contribution in [-0.4, -0.2) is 100 Å². The number of hydrogen-bond donors (Lipinski definition) is 6. The highest BCUT2D eigenvalue weighted by atomic mass is 16.7. The van der Waals surface area contributed by atoms with Crippen LogP contribution in [-0.2, 0) is 23.8 Å². The van der Waals surface area contributed by atoms with Gasteiger partial charge in [0.25, 0.3) is 0 Å². The van der Waals surface area contributed by atoms with Gasteiger partial charge in [-0.25, -0.2) is 0 Å². The van der Waals surface area contributed by atoms with Gasteiger partial charge in [0, 0.05) is 12.8 Å². The molecule has 460 valence electrons. The number of carbonyl (C=O) groups is 2. The number of aliphatic hydroxyl groups excluding tert-OH is 5. The molecule has 1 heterocycles. The van der Waals surface area contributed by atoms with Gasteiger partial charge in [-0.1, -0.05) is 248 Å². The highest BCUT2D eigenvalue weighted by molar-refractivity contribution is 5.76. The Morgan fingerprint density at radius 3 is 1.37 bits per heavy atom. The van der Waals surface area contributed by atoms with E-state index >= 15 is 0 Å². The largest absolute Gasteiger partial charge is 0.466 e. The lowest BCUT2D eigenvalue weighted by Crippen LogP contribution is -2.60. The second kappa shape index (κ2) is 57.2. The minimum absolute atomic E-state index is 0.00673. The molecule has 1 saturated heterocycles. The Morgan fingerprint density at radius 1 is 0.468 bits per heavy atom. The Hall–Kier alpha value is -2.64. The molecule has 1 fully saturated rings. The SMILES string of the molecule is CCCC/C=C\CCCCCCCC(=O)OCCCCCCCCCCC/C=C\C/C=C\CCCCCCCCCCCCCCCCCC(=O)NC(COC1OC(CO)C(O)C(O)C1O)C(O)/C=C/CC/C=C/CCCCC. The van der Waals surface area contributed by atoms with Gasteiger partial charge in [-0.3, -0.25) is 9.59 Å². The monoisotopic (exact) mass is 1110 g/mol. The Labute approximate surface area is 484 Å². The Morgan fingerprint density at radius 2 is 0.873 bits per heavy atom. The van der Waals surface area contributed by atoms with E-state index in [0.717, 1.165) is 64.2 Å². The molecule has 7 atom stereocenters. The van der Waals surface area contributed by atoms with Crippen molar-refractivity contribution in [3.05, 3.63) is 60.8 Å². The first-order chi connectivity index (χ1) is 38.7. The second-order valence-electron chi connectivity index (χ2n) is 22.8. The van der Waals surface area contributed by atoms with Gasteiger partial charge in [-0.2, -0.15) is 0 Å². The Balaban J connectivity index is 1.96. The molecule has 79 heavy (non-hydrogen) atoms. The molecule has 0 aromatic heterocycles. The van der Waals surface area contributed by atoms with Crippen LogP contribution in [0.25, 0.3) is 0 Å². The number of carbonyl (C=O) groups excluding carboxylic acids is 2. The summed E-state index contributed by atoms with van der Waals surface area (Å²) >= 11 is 0. The summed E-state index contributed by atoms with van der Waals surface area (Å²) in [5, 5.41) is 54.2. The third-order valence-corrected chi connectivity index (χ3v) is 15.3. The summed E-state index contributed by atoms with van der Waals surface area (Å²) in [5.41, 5.74) is 0. The van der Waals surface area contributed by atoms with Crippen LogP contribution in [0.2, 0.25) is 0 Å². The summed E-state index contributed by atoms with van der Waals surface area (Å²) in [4.78, 5) is 25.0. The molecule has 0 saturated carbocycles. The van der Waals surface area contributed by atoms with Crippen molar-refractivity contribution >= 4 is 11.9 Å². The molecule has 0 radical (unpaired) electrons. The summed E-state index contributed by atoms with van der Waals surface area (Å²) in [6.07, 6.45) is 65.1. The summed E-state index contributed by atoms with van der Waals surface area (Å²) in [5.74, 6) is -0.201. The van der Waals surface area contributed by atoms with Crippen molar-refractivity contribution in [1.29, 1.82) is 0 Å². The first-order valence-corrected chi connectivity index (χ1v) is 33.1. The van der Waals surface area contributed by atoms with Gasteiger partial charge in [0.15, 0.2) is 6.29 Å². The number of esters is 1. The van der Waals surface area contributed by atoms with Crippen LogP contribution in [0.1, 0.15) is 296 Å².